The lowest BCUT2D eigenvalue weighted by Gasteiger charge is -2.14. The summed E-state index contributed by atoms with van der Waals surface area (Å²) >= 11 is 3.71. The molecule has 0 fully saturated rings. The van der Waals surface area contributed by atoms with Gasteiger partial charge in [0.1, 0.15) is 22.4 Å². The molecule has 0 atom stereocenters. The number of rotatable bonds is 12. The molecular formula is C36H36N4S2. The van der Waals surface area contributed by atoms with Crippen molar-refractivity contribution in [1.29, 1.82) is 0 Å². The summed E-state index contributed by atoms with van der Waals surface area (Å²) in [5.74, 6) is 0. The fourth-order valence-corrected chi connectivity index (χ4v) is 8.38. The van der Waals surface area contributed by atoms with Crippen molar-refractivity contribution in [3.63, 3.8) is 0 Å². The van der Waals surface area contributed by atoms with Crippen molar-refractivity contribution in [3.05, 3.63) is 70.4 Å². The average Bonchev–Trinajstić information content (AvgIpc) is 3.70. The van der Waals surface area contributed by atoms with Crippen LogP contribution in [0, 0.1) is 0 Å². The summed E-state index contributed by atoms with van der Waals surface area (Å²) in [6.45, 7) is 4.52. The Bertz CT molecular complexity index is 1820. The third kappa shape index (κ3) is 4.95. The van der Waals surface area contributed by atoms with Crippen molar-refractivity contribution < 1.29 is 0 Å². The SMILES string of the molecule is CCCCCCc1ccc(-c2nnc3c4cccc5c(-c6ccc(CCCCCC)s6)nnc(c6cccc2c63)c54)s1. The molecule has 0 saturated carbocycles. The van der Waals surface area contributed by atoms with Crippen LogP contribution in [0.2, 0.25) is 0 Å². The highest BCUT2D eigenvalue weighted by Crippen LogP contribution is 2.43. The van der Waals surface area contributed by atoms with Gasteiger partial charge in [-0.3, -0.25) is 0 Å². The van der Waals surface area contributed by atoms with Crippen LogP contribution in [-0.4, -0.2) is 20.4 Å². The molecule has 0 unspecified atom stereocenters. The summed E-state index contributed by atoms with van der Waals surface area (Å²) in [6.07, 6.45) is 12.5. The second-order valence-corrected chi connectivity index (χ2v) is 13.7. The van der Waals surface area contributed by atoms with Gasteiger partial charge in [-0.1, -0.05) is 88.8 Å². The van der Waals surface area contributed by atoms with E-state index in [4.69, 9.17) is 20.4 Å². The Labute approximate surface area is 255 Å². The van der Waals surface area contributed by atoms with Crippen LogP contribution in [0.1, 0.15) is 75.0 Å². The van der Waals surface area contributed by atoms with E-state index in [2.05, 4.69) is 74.5 Å². The van der Waals surface area contributed by atoms with E-state index in [0.29, 0.717) is 0 Å². The number of nitrogens with zero attached hydrogens (tertiary/aromatic N) is 4. The van der Waals surface area contributed by atoms with Gasteiger partial charge in [-0.15, -0.1) is 43.1 Å². The van der Waals surface area contributed by atoms with Crippen molar-refractivity contribution in [2.75, 3.05) is 0 Å². The maximum Gasteiger partial charge on any atom is 0.111 e. The fourth-order valence-electron chi connectivity index (χ4n) is 6.28. The van der Waals surface area contributed by atoms with E-state index in [0.717, 1.165) is 67.6 Å². The summed E-state index contributed by atoms with van der Waals surface area (Å²) in [5, 5.41) is 26.2. The fraction of sp³-hybridized carbons (Fsp3) is 0.333. The topological polar surface area (TPSA) is 51.6 Å². The van der Waals surface area contributed by atoms with Crippen molar-refractivity contribution in [2.45, 2.75) is 78.1 Å². The molecule has 0 aliphatic carbocycles. The number of hydrogen-bond donors (Lipinski definition) is 0. The molecule has 6 heteroatoms. The van der Waals surface area contributed by atoms with Crippen LogP contribution < -0.4 is 0 Å². The van der Waals surface area contributed by atoms with Crippen LogP contribution in [0.15, 0.2) is 60.7 Å². The third-order valence-electron chi connectivity index (χ3n) is 8.47. The molecule has 0 N–H and O–H groups in total. The molecule has 0 saturated heterocycles. The van der Waals surface area contributed by atoms with E-state index in [1.807, 2.05) is 22.7 Å². The molecule has 3 aromatic carbocycles. The Morgan fingerprint density at radius 3 is 1.38 bits per heavy atom. The molecule has 0 amide bonds. The molecular weight excluding hydrogens is 553 g/mol. The highest BCUT2D eigenvalue weighted by Gasteiger charge is 2.21. The first-order chi connectivity index (χ1) is 20.8. The monoisotopic (exact) mass is 588 g/mol. The smallest absolute Gasteiger partial charge is 0.111 e. The van der Waals surface area contributed by atoms with Crippen LogP contribution >= 0.6 is 22.7 Å². The zero-order valence-corrected chi connectivity index (χ0v) is 26.1. The largest absolute Gasteiger partial charge is 0.149 e. The maximum absolute atomic E-state index is 4.90. The first-order valence-electron chi connectivity index (χ1n) is 15.5. The molecule has 212 valence electrons. The molecule has 7 aromatic rings. The van der Waals surface area contributed by atoms with Gasteiger partial charge in [0, 0.05) is 42.1 Å². The number of aryl methyl sites for hydroxylation is 2. The van der Waals surface area contributed by atoms with Crippen LogP contribution in [0.3, 0.4) is 0 Å². The first kappa shape index (κ1) is 27.4. The Morgan fingerprint density at radius 2 is 0.929 bits per heavy atom. The predicted molar refractivity (Wildman–Crippen MR) is 181 cm³/mol. The summed E-state index contributed by atoms with van der Waals surface area (Å²) in [7, 11) is 0. The Morgan fingerprint density at radius 1 is 0.476 bits per heavy atom. The normalized spacial score (nSPS) is 12.0. The maximum atomic E-state index is 4.90. The Balaban J connectivity index is 1.32. The van der Waals surface area contributed by atoms with Gasteiger partial charge in [0.05, 0.1) is 9.75 Å². The van der Waals surface area contributed by atoms with Gasteiger partial charge >= 0.3 is 0 Å². The molecule has 7 rings (SSSR count). The Kier molecular flexibility index (Phi) is 7.83. The van der Waals surface area contributed by atoms with Gasteiger partial charge in [-0.25, -0.2) is 0 Å². The van der Waals surface area contributed by atoms with Crippen LogP contribution in [0.25, 0.3) is 64.5 Å². The molecule has 42 heavy (non-hydrogen) atoms. The quantitative estimate of drug-likeness (QED) is 0.0809. The molecule has 0 aliphatic heterocycles. The minimum Gasteiger partial charge on any atom is -0.149 e. The van der Waals surface area contributed by atoms with E-state index in [1.54, 1.807) is 0 Å². The molecule has 0 aliphatic rings. The van der Waals surface area contributed by atoms with Gasteiger partial charge in [-0.2, -0.15) is 0 Å². The third-order valence-corrected chi connectivity index (χ3v) is 10.8. The Hall–Kier alpha value is -3.48. The van der Waals surface area contributed by atoms with Crippen LogP contribution in [0.4, 0.5) is 0 Å². The van der Waals surface area contributed by atoms with E-state index in [-0.39, 0.29) is 0 Å². The minimum absolute atomic E-state index is 0.945. The number of aromatic nitrogens is 4. The predicted octanol–water partition coefficient (Wildman–Crippen LogP) is 11.0. The highest BCUT2D eigenvalue weighted by atomic mass is 32.1. The molecule has 4 nitrogen and oxygen atoms in total. The van der Waals surface area contributed by atoms with E-state index in [9.17, 15) is 0 Å². The van der Waals surface area contributed by atoms with Crippen LogP contribution in [-0.2, 0) is 12.8 Å². The minimum atomic E-state index is 0.945. The number of thiophene rings is 2. The molecule has 0 bridgehead atoms. The zero-order valence-electron chi connectivity index (χ0n) is 24.4. The molecule has 4 heterocycles. The van der Waals surface area contributed by atoms with Crippen molar-refractivity contribution in [1.82, 2.24) is 20.4 Å². The van der Waals surface area contributed by atoms with Crippen molar-refractivity contribution in [2.24, 2.45) is 0 Å². The number of benzene rings is 3. The van der Waals surface area contributed by atoms with Gasteiger partial charge in [0.25, 0.3) is 0 Å². The zero-order chi connectivity index (χ0) is 28.5. The summed E-state index contributed by atoms with van der Waals surface area (Å²) in [6, 6.07) is 22.0. The summed E-state index contributed by atoms with van der Waals surface area (Å²) < 4.78 is 0. The van der Waals surface area contributed by atoms with E-state index >= 15 is 0 Å². The van der Waals surface area contributed by atoms with Crippen molar-refractivity contribution >= 4 is 66.0 Å². The second-order valence-electron chi connectivity index (χ2n) is 11.4. The van der Waals surface area contributed by atoms with Gasteiger partial charge < -0.3 is 0 Å². The molecule has 0 spiro atoms. The standard InChI is InChI=1S/C36H36N4S2/c1-3-5-7-9-13-23-19-21-29(41-23)33-25-15-11-17-27-31(25)35(39-37-33)28-18-12-16-26-32(28)36(27)40-38-34(26)30-22-20-24(42-30)14-10-8-6-4-2/h11-12,15-22H,3-10,13-14H2,1-2H3. The van der Waals surface area contributed by atoms with Gasteiger partial charge in [0.2, 0.25) is 0 Å². The lowest BCUT2D eigenvalue weighted by molar-refractivity contribution is 0.670. The van der Waals surface area contributed by atoms with E-state index < -0.39 is 0 Å². The van der Waals surface area contributed by atoms with E-state index in [1.165, 1.54) is 70.9 Å². The summed E-state index contributed by atoms with van der Waals surface area (Å²) in [4.78, 5) is 5.22. The number of hydrogen-bond acceptors (Lipinski definition) is 6. The molecule has 0 radical (unpaired) electrons. The molecule has 4 aromatic heterocycles. The first-order valence-corrected chi connectivity index (χ1v) is 17.2. The average molecular weight is 589 g/mol. The van der Waals surface area contributed by atoms with Crippen LogP contribution in [0.5, 0.6) is 0 Å². The lowest BCUT2D eigenvalue weighted by atomic mass is 9.94. The summed E-state index contributed by atoms with van der Waals surface area (Å²) in [5.41, 5.74) is 3.82. The van der Waals surface area contributed by atoms with Crippen molar-refractivity contribution in [3.8, 4) is 21.1 Å². The number of fused-ring (bicyclic) bond motifs is 2. The number of unbranched alkanes of at least 4 members (excludes halogenated alkanes) is 6. The van der Waals surface area contributed by atoms with Gasteiger partial charge in [-0.05, 0) is 49.9 Å². The second kappa shape index (κ2) is 12.0. The van der Waals surface area contributed by atoms with Gasteiger partial charge in [0.15, 0.2) is 0 Å². The lowest BCUT2D eigenvalue weighted by Crippen LogP contribution is -1.97. The highest BCUT2D eigenvalue weighted by molar-refractivity contribution is 7.15.